The molecule has 2 rings (SSSR count). The molecule has 0 spiro atoms. The summed E-state index contributed by atoms with van der Waals surface area (Å²) in [5, 5.41) is 12.8. The average molecular weight is 301 g/mol. The molecule has 22 heavy (non-hydrogen) atoms. The van der Waals surface area contributed by atoms with E-state index in [1.165, 1.54) is 0 Å². The van der Waals surface area contributed by atoms with Crippen LogP contribution in [0.2, 0.25) is 0 Å². The lowest BCUT2D eigenvalue weighted by Crippen LogP contribution is -2.35. The number of aryl methyl sites for hydroxylation is 2. The largest absolute Gasteiger partial charge is 0.341 e. The fraction of sp³-hybridized carbons (Fsp3) is 0.333. The lowest BCUT2D eigenvalue weighted by atomic mass is 10.1. The molecule has 1 aromatic carbocycles. The van der Waals surface area contributed by atoms with Gasteiger partial charge in [-0.1, -0.05) is 25.1 Å². The molecular formula is C15H19N5O2. The molecule has 2 N–H and O–H groups in total. The third-order valence-corrected chi connectivity index (χ3v) is 3.30. The minimum Gasteiger partial charge on any atom is -0.341 e. The highest BCUT2D eigenvalue weighted by atomic mass is 16.2. The maximum Gasteiger partial charge on any atom is 0.313 e. The highest BCUT2D eigenvalue weighted by molar-refractivity contribution is 6.39. The number of nitrogens with zero attached hydrogens (tertiary/aromatic N) is 3. The van der Waals surface area contributed by atoms with Crippen molar-refractivity contribution in [1.29, 1.82) is 0 Å². The average Bonchev–Trinajstić information content (AvgIpc) is 3.00. The van der Waals surface area contributed by atoms with Crippen molar-refractivity contribution in [2.24, 2.45) is 0 Å². The summed E-state index contributed by atoms with van der Waals surface area (Å²) in [6.07, 6.45) is 2.36. The van der Waals surface area contributed by atoms with E-state index in [1.54, 1.807) is 17.0 Å². The molecule has 0 aliphatic heterocycles. The van der Waals surface area contributed by atoms with E-state index in [-0.39, 0.29) is 6.54 Å². The van der Waals surface area contributed by atoms with Crippen molar-refractivity contribution in [2.75, 3.05) is 5.32 Å². The number of carbonyl (C=O) groups excluding carboxylic acids is 2. The lowest BCUT2D eigenvalue weighted by Gasteiger charge is -2.10. The molecule has 116 valence electrons. The molecule has 0 saturated heterocycles. The third-order valence-electron chi connectivity index (χ3n) is 3.30. The predicted octanol–water partition coefficient (Wildman–Crippen LogP) is 1.12. The molecular weight excluding hydrogens is 282 g/mol. The summed E-state index contributed by atoms with van der Waals surface area (Å²) in [6.45, 7) is 4.80. The number of amides is 2. The van der Waals surface area contributed by atoms with Gasteiger partial charge in [0.2, 0.25) is 0 Å². The zero-order valence-electron chi connectivity index (χ0n) is 12.7. The number of rotatable bonds is 5. The van der Waals surface area contributed by atoms with Gasteiger partial charge >= 0.3 is 11.8 Å². The van der Waals surface area contributed by atoms with Gasteiger partial charge in [0.1, 0.15) is 6.33 Å². The summed E-state index contributed by atoms with van der Waals surface area (Å²) in [4.78, 5) is 23.8. The smallest absolute Gasteiger partial charge is 0.313 e. The van der Waals surface area contributed by atoms with Gasteiger partial charge in [-0.25, -0.2) is 0 Å². The maximum absolute atomic E-state index is 11.9. The van der Waals surface area contributed by atoms with Crippen molar-refractivity contribution >= 4 is 17.5 Å². The Kier molecular flexibility index (Phi) is 5.24. The molecule has 0 saturated carbocycles. The Hall–Kier alpha value is -2.70. The molecule has 1 heterocycles. The van der Waals surface area contributed by atoms with Crippen molar-refractivity contribution in [1.82, 2.24) is 20.1 Å². The second kappa shape index (κ2) is 7.35. The number of benzene rings is 1. The Morgan fingerprint density at radius 1 is 1.18 bits per heavy atom. The van der Waals surface area contributed by atoms with Crippen molar-refractivity contribution in [3.8, 4) is 0 Å². The number of nitrogens with one attached hydrogen (secondary N) is 2. The third kappa shape index (κ3) is 3.69. The number of aromatic nitrogens is 3. The monoisotopic (exact) mass is 301 g/mol. The Balaban J connectivity index is 1.94. The van der Waals surface area contributed by atoms with Crippen LogP contribution in [0, 0.1) is 0 Å². The van der Waals surface area contributed by atoms with Gasteiger partial charge in [-0.2, -0.15) is 0 Å². The van der Waals surface area contributed by atoms with E-state index in [0.29, 0.717) is 18.1 Å². The molecule has 2 amide bonds. The normalized spacial score (nSPS) is 10.3. The Morgan fingerprint density at radius 3 is 2.68 bits per heavy atom. The van der Waals surface area contributed by atoms with Crippen molar-refractivity contribution < 1.29 is 9.59 Å². The van der Waals surface area contributed by atoms with Crippen LogP contribution >= 0.6 is 0 Å². The van der Waals surface area contributed by atoms with Crippen LogP contribution in [0.4, 0.5) is 5.69 Å². The van der Waals surface area contributed by atoms with Gasteiger partial charge in [0.25, 0.3) is 0 Å². The standard InChI is InChI=1S/C15H19N5O2/c1-3-11-7-5-6-8-12(11)18-15(22)14(21)16-9-13-19-17-10-20(13)4-2/h5-8,10H,3-4,9H2,1-2H3,(H,16,21)(H,18,22). The van der Waals surface area contributed by atoms with Crippen LogP contribution < -0.4 is 10.6 Å². The molecule has 0 aliphatic rings. The molecule has 0 aliphatic carbocycles. The molecule has 1 aromatic heterocycles. The summed E-state index contributed by atoms with van der Waals surface area (Å²) in [5.41, 5.74) is 1.64. The van der Waals surface area contributed by atoms with Gasteiger partial charge in [-0.3, -0.25) is 9.59 Å². The lowest BCUT2D eigenvalue weighted by molar-refractivity contribution is -0.136. The summed E-state index contributed by atoms with van der Waals surface area (Å²) >= 11 is 0. The van der Waals surface area contributed by atoms with Gasteiger partial charge < -0.3 is 15.2 Å². The molecule has 0 bridgehead atoms. The quantitative estimate of drug-likeness (QED) is 0.810. The van der Waals surface area contributed by atoms with E-state index >= 15 is 0 Å². The summed E-state index contributed by atoms with van der Waals surface area (Å²) in [5.74, 6) is -0.780. The van der Waals surface area contributed by atoms with E-state index in [0.717, 1.165) is 12.0 Å². The maximum atomic E-state index is 11.9. The predicted molar refractivity (Wildman–Crippen MR) is 82.0 cm³/mol. The zero-order chi connectivity index (χ0) is 15.9. The summed E-state index contributed by atoms with van der Waals surface area (Å²) < 4.78 is 1.80. The minimum absolute atomic E-state index is 0.162. The second-order valence-electron chi connectivity index (χ2n) is 4.68. The highest BCUT2D eigenvalue weighted by Gasteiger charge is 2.15. The topological polar surface area (TPSA) is 88.9 Å². The fourth-order valence-corrected chi connectivity index (χ4v) is 2.05. The van der Waals surface area contributed by atoms with Crippen LogP contribution in [0.15, 0.2) is 30.6 Å². The molecule has 0 fully saturated rings. The second-order valence-corrected chi connectivity index (χ2v) is 4.68. The molecule has 7 heteroatoms. The van der Waals surface area contributed by atoms with E-state index in [1.807, 2.05) is 32.0 Å². The van der Waals surface area contributed by atoms with E-state index in [2.05, 4.69) is 20.8 Å². The summed E-state index contributed by atoms with van der Waals surface area (Å²) in [7, 11) is 0. The Labute approximate surface area is 128 Å². The first kappa shape index (κ1) is 15.7. The molecule has 0 radical (unpaired) electrons. The van der Waals surface area contributed by atoms with E-state index in [4.69, 9.17) is 0 Å². The zero-order valence-corrected chi connectivity index (χ0v) is 12.7. The first-order valence-electron chi connectivity index (χ1n) is 7.19. The van der Waals surface area contributed by atoms with Crippen LogP contribution in [-0.4, -0.2) is 26.6 Å². The SMILES string of the molecule is CCc1ccccc1NC(=O)C(=O)NCc1nncn1CC. The molecule has 7 nitrogen and oxygen atoms in total. The molecule has 0 unspecified atom stereocenters. The van der Waals surface area contributed by atoms with Crippen molar-refractivity contribution in [3.05, 3.63) is 42.0 Å². The van der Waals surface area contributed by atoms with Gasteiger partial charge in [0.15, 0.2) is 5.82 Å². The first-order chi connectivity index (χ1) is 10.7. The number of hydrogen-bond donors (Lipinski definition) is 2. The van der Waals surface area contributed by atoms with Crippen molar-refractivity contribution in [2.45, 2.75) is 33.4 Å². The van der Waals surface area contributed by atoms with Crippen molar-refractivity contribution in [3.63, 3.8) is 0 Å². The fourth-order valence-electron chi connectivity index (χ4n) is 2.05. The number of anilines is 1. The van der Waals surface area contributed by atoms with Gasteiger partial charge in [-0.05, 0) is 25.0 Å². The van der Waals surface area contributed by atoms with E-state index < -0.39 is 11.8 Å². The Bertz CT molecular complexity index is 665. The first-order valence-corrected chi connectivity index (χ1v) is 7.19. The van der Waals surface area contributed by atoms with Gasteiger partial charge in [0.05, 0.1) is 6.54 Å². The van der Waals surface area contributed by atoms with Crippen LogP contribution in [0.5, 0.6) is 0 Å². The van der Waals surface area contributed by atoms with Gasteiger partial charge in [0, 0.05) is 12.2 Å². The number of para-hydroxylation sites is 1. The van der Waals surface area contributed by atoms with E-state index in [9.17, 15) is 9.59 Å². The number of carbonyl (C=O) groups is 2. The highest BCUT2D eigenvalue weighted by Crippen LogP contribution is 2.15. The van der Waals surface area contributed by atoms with Crippen LogP contribution in [0.25, 0.3) is 0 Å². The molecule has 2 aromatic rings. The minimum atomic E-state index is -0.698. The summed E-state index contributed by atoms with van der Waals surface area (Å²) in [6, 6.07) is 7.40. The number of hydrogen-bond acceptors (Lipinski definition) is 4. The molecule has 0 atom stereocenters. The Morgan fingerprint density at radius 2 is 1.95 bits per heavy atom. The van der Waals surface area contributed by atoms with Crippen LogP contribution in [0.1, 0.15) is 25.2 Å². The van der Waals surface area contributed by atoms with Gasteiger partial charge in [-0.15, -0.1) is 10.2 Å². The van der Waals surface area contributed by atoms with Crippen LogP contribution in [-0.2, 0) is 29.1 Å². The van der Waals surface area contributed by atoms with Crippen LogP contribution in [0.3, 0.4) is 0 Å².